The summed E-state index contributed by atoms with van der Waals surface area (Å²) in [5.41, 5.74) is 0. The molecule has 0 aromatic heterocycles. The third-order valence-electron chi connectivity index (χ3n) is 0.960. The third kappa shape index (κ3) is 6.86. The first-order valence-electron chi connectivity index (χ1n) is 3.36. The molecule has 0 bridgehead atoms. The maximum Gasteiger partial charge on any atom is 0.0269 e. The molecule has 0 nitrogen and oxygen atoms in total. The number of rotatable bonds is 2. The Balaban J connectivity index is 3.32. The van der Waals surface area contributed by atoms with E-state index >= 15 is 0 Å². The van der Waals surface area contributed by atoms with Crippen LogP contribution in [0.25, 0.3) is 0 Å². The van der Waals surface area contributed by atoms with Gasteiger partial charge in [-0.15, -0.1) is 11.8 Å². The van der Waals surface area contributed by atoms with Crippen LogP contribution in [0.15, 0.2) is 12.2 Å². The molecule has 0 spiro atoms. The van der Waals surface area contributed by atoms with Gasteiger partial charge in [0.1, 0.15) is 0 Å². The number of hydrogen-bond acceptors (Lipinski definition) is 0. The van der Waals surface area contributed by atoms with Crippen LogP contribution in [0, 0.1) is 23.7 Å². The molecule has 0 fully saturated rings. The topological polar surface area (TPSA) is 0 Å². The Morgan fingerprint density at radius 2 is 1.30 bits per heavy atom. The predicted molar refractivity (Wildman–Crippen MR) is 45.3 cm³/mol. The van der Waals surface area contributed by atoms with E-state index in [2.05, 4.69) is 23.7 Å². The Bertz CT molecular complexity index is 176. The molecule has 0 atom stereocenters. The monoisotopic (exact) mass is 132 g/mol. The molecule has 52 valence electrons. The van der Waals surface area contributed by atoms with Crippen LogP contribution in [0.2, 0.25) is 0 Å². The molecule has 0 amide bonds. The van der Waals surface area contributed by atoms with Crippen LogP contribution in [0.4, 0.5) is 0 Å². The van der Waals surface area contributed by atoms with E-state index in [0.29, 0.717) is 0 Å². The summed E-state index contributed by atoms with van der Waals surface area (Å²) < 4.78 is 0. The molecule has 0 rings (SSSR count). The number of allylic oxidation sites excluding steroid dienone is 2. The van der Waals surface area contributed by atoms with Crippen molar-refractivity contribution in [1.29, 1.82) is 0 Å². The molecule has 0 unspecified atom stereocenters. The average molecular weight is 132 g/mol. The maximum atomic E-state index is 2.94. The summed E-state index contributed by atoms with van der Waals surface area (Å²) in [4.78, 5) is 0. The zero-order valence-corrected chi connectivity index (χ0v) is 6.57. The Morgan fingerprint density at radius 1 is 0.900 bits per heavy atom. The van der Waals surface area contributed by atoms with Gasteiger partial charge in [-0.3, -0.25) is 0 Å². The largest absolute Gasteiger partial charge is 0.106 e. The standard InChI is InChI=1S/C10H12/c1-3-5-7-9-10-8-6-4-2/h9-10H,7-8H2,1-2H3/b10-9+. The van der Waals surface area contributed by atoms with E-state index in [1.165, 1.54) is 0 Å². The summed E-state index contributed by atoms with van der Waals surface area (Å²) in [5, 5.41) is 0. The highest BCUT2D eigenvalue weighted by Gasteiger charge is 1.67. The smallest absolute Gasteiger partial charge is 0.0269 e. The first-order valence-corrected chi connectivity index (χ1v) is 3.36. The molecule has 0 N–H and O–H groups in total. The van der Waals surface area contributed by atoms with Crippen molar-refractivity contribution in [2.45, 2.75) is 26.7 Å². The van der Waals surface area contributed by atoms with E-state index in [-0.39, 0.29) is 0 Å². The van der Waals surface area contributed by atoms with Gasteiger partial charge in [-0.2, -0.15) is 0 Å². The van der Waals surface area contributed by atoms with Crippen molar-refractivity contribution in [3.63, 3.8) is 0 Å². The van der Waals surface area contributed by atoms with Crippen LogP contribution in [-0.4, -0.2) is 0 Å². The molecule has 0 aliphatic heterocycles. The lowest BCUT2D eigenvalue weighted by Gasteiger charge is -1.75. The predicted octanol–water partition coefficient (Wildman–Crippen LogP) is 2.37. The molecule has 0 aromatic rings. The second-order valence-corrected chi connectivity index (χ2v) is 1.73. The van der Waals surface area contributed by atoms with E-state index < -0.39 is 0 Å². The van der Waals surface area contributed by atoms with E-state index in [4.69, 9.17) is 0 Å². The zero-order chi connectivity index (χ0) is 7.66. The van der Waals surface area contributed by atoms with Crippen molar-refractivity contribution >= 4 is 0 Å². The third-order valence-corrected chi connectivity index (χ3v) is 0.960. The van der Waals surface area contributed by atoms with E-state index in [0.717, 1.165) is 12.8 Å². The minimum absolute atomic E-state index is 0.849. The summed E-state index contributed by atoms with van der Waals surface area (Å²) in [6, 6.07) is 0. The second kappa shape index (κ2) is 7.86. The van der Waals surface area contributed by atoms with Gasteiger partial charge < -0.3 is 0 Å². The number of hydrogen-bond donors (Lipinski definition) is 0. The van der Waals surface area contributed by atoms with Gasteiger partial charge in [-0.05, 0) is 13.8 Å². The molecular formula is C10H12. The highest BCUT2D eigenvalue weighted by atomic mass is 13.7. The van der Waals surface area contributed by atoms with Crippen LogP contribution in [-0.2, 0) is 0 Å². The van der Waals surface area contributed by atoms with Crippen molar-refractivity contribution in [1.82, 2.24) is 0 Å². The normalized spacial score (nSPS) is 7.80. The summed E-state index contributed by atoms with van der Waals surface area (Å²) in [7, 11) is 0. The van der Waals surface area contributed by atoms with Crippen LogP contribution in [0.3, 0.4) is 0 Å². The molecule has 0 heterocycles. The summed E-state index contributed by atoms with van der Waals surface area (Å²) in [6.45, 7) is 3.69. The second-order valence-electron chi connectivity index (χ2n) is 1.73. The molecule has 0 heteroatoms. The van der Waals surface area contributed by atoms with Crippen LogP contribution in [0.5, 0.6) is 0 Å². The Labute approximate surface area is 63.3 Å². The minimum atomic E-state index is 0.849. The zero-order valence-electron chi connectivity index (χ0n) is 6.57. The van der Waals surface area contributed by atoms with E-state index in [9.17, 15) is 0 Å². The van der Waals surface area contributed by atoms with Crippen molar-refractivity contribution in [3.05, 3.63) is 12.2 Å². The van der Waals surface area contributed by atoms with Gasteiger partial charge in [0.25, 0.3) is 0 Å². The fraction of sp³-hybridized carbons (Fsp3) is 0.400. The molecular weight excluding hydrogens is 120 g/mol. The van der Waals surface area contributed by atoms with Crippen molar-refractivity contribution < 1.29 is 0 Å². The highest BCUT2D eigenvalue weighted by Crippen LogP contribution is 1.83. The lowest BCUT2D eigenvalue weighted by molar-refractivity contribution is 1.37. The molecule has 10 heavy (non-hydrogen) atoms. The van der Waals surface area contributed by atoms with Gasteiger partial charge in [-0.25, -0.2) is 0 Å². The van der Waals surface area contributed by atoms with Gasteiger partial charge in [0.2, 0.25) is 0 Å². The molecule has 0 radical (unpaired) electrons. The van der Waals surface area contributed by atoms with Crippen molar-refractivity contribution in [2.24, 2.45) is 0 Å². The Kier molecular flexibility index (Phi) is 6.96. The molecule has 0 aliphatic carbocycles. The molecule has 0 aliphatic rings. The molecule has 0 saturated carbocycles. The minimum Gasteiger partial charge on any atom is -0.106 e. The van der Waals surface area contributed by atoms with Crippen LogP contribution >= 0.6 is 0 Å². The quantitative estimate of drug-likeness (QED) is 0.399. The maximum absolute atomic E-state index is 2.94. The summed E-state index contributed by atoms with van der Waals surface area (Å²) >= 11 is 0. The first-order chi connectivity index (χ1) is 4.91. The Hall–Kier alpha value is -1.14. The fourth-order valence-corrected chi connectivity index (χ4v) is 0.489. The van der Waals surface area contributed by atoms with Crippen molar-refractivity contribution in [3.8, 4) is 23.7 Å². The average Bonchev–Trinajstić information content (AvgIpc) is 1.97. The Morgan fingerprint density at radius 3 is 1.60 bits per heavy atom. The van der Waals surface area contributed by atoms with E-state index in [1.54, 1.807) is 0 Å². The van der Waals surface area contributed by atoms with Gasteiger partial charge in [-0.1, -0.05) is 24.0 Å². The first kappa shape index (κ1) is 8.86. The van der Waals surface area contributed by atoms with Crippen LogP contribution < -0.4 is 0 Å². The lowest BCUT2D eigenvalue weighted by atomic mass is 10.3. The SMILES string of the molecule is CC#CC/C=C/CC#CC. The fourth-order valence-electron chi connectivity index (χ4n) is 0.489. The van der Waals surface area contributed by atoms with Gasteiger partial charge in [0.05, 0.1) is 0 Å². The summed E-state index contributed by atoms with van der Waals surface area (Å²) in [5.74, 6) is 11.5. The lowest BCUT2D eigenvalue weighted by Crippen LogP contribution is -1.60. The van der Waals surface area contributed by atoms with Gasteiger partial charge in [0, 0.05) is 12.8 Å². The van der Waals surface area contributed by atoms with Gasteiger partial charge >= 0.3 is 0 Å². The highest BCUT2D eigenvalue weighted by molar-refractivity contribution is 5.06. The van der Waals surface area contributed by atoms with Crippen molar-refractivity contribution in [2.75, 3.05) is 0 Å². The summed E-state index contributed by atoms with van der Waals surface area (Å²) in [6.07, 6.45) is 5.78. The molecule has 0 saturated heterocycles. The molecule has 0 aromatic carbocycles. The van der Waals surface area contributed by atoms with Gasteiger partial charge in [0.15, 0.2) is 0 Å². The van der Waals surface area contributed by atoms with E-state index in [1.807, 2.05) is 26.0 Å². The van der Waals surface area contributed by atoms with Crippen LogP contribution in [0.1, 0.15) is 26.7 Å².